The van der Waals surface area contributed by atoms with Crippen molar-refractivity contribution >= 4 is 28.6 Å². The summed E-state index contributed by atoms with van der Waals surface area (Å²) in [7, 11) is 0. The Morgan fingerprint density at radius 2 is 2.07 bits per heavy atom. The molecule has 3 aromatic rings. The van der Waals surface area contributed by atoms with Crippen molar-refractivity contribution in [3.05, 3.63) is 46.0 Å². The second-order valence-electron chi connectivity index (χ2n) is 6.83. The van der Waals surface area contributed by atoms with Crippen LogP contribution in [0.3, 0.4) is 0 Å². The molecule has 0 aliphatic carbocycles. The third-order valence-electron chi connectivity index (χ3n) is 5.01. The van der Waals surface area contributed by atoms with Crippen molar-refractivity contribution in [2.24, 2.45) is 0 Å². The molecule has 0 unspecified atom stereocenters. The van der Waals surface area contributed by atoms with Crippen molar-refractivity contribution in [1.29, 1.82) is 0 Å². The molecule has 1 aliphatic heterocycles. The van der Waals surface area contributed by atoms with E-state index in [2.05, 4.69) is 10.1 Å². The molecule has 0 radical (unpaired) electrons. The SMILES string of the molecule is C[C@@H]1CCCCN1C(=O)Cn1cnc2onc(-c3ccc(Cl)cc3)c2c1=O. The Morgan fingerprint density at radius 3 is 2.81 bits per heavy atom. The van der Waals surface area contributed by atoms with E-state index in [1.54, 1.807) is 24.3 Å². The lowest BCUT2D eigenvalue weighted by atomic mass is 10.0. The van der Waals surface area contributed by atoms with Crippen molar-refractivity contribution in [2.75, 3.05) is 6.54 Å². The van der Waals surface area contributed by atoms with Crippen molar-refractivity contribution in [2.45, 2.75) is 38.8 Å². The van der Waals surface area contributed by atoms with E-state index < -0.39 is 0 Å². The van der Waals surface area contributed by atoms with E-state index in [9.17, 15) is 9.59 Å². The molecule has 1 amide bonds. The highest BCUT2D eigenvalue weighted by Crippen LogP contribution is 2.25. The van der Waals surface area contributed by atoms with Crippen LogP contribution in [0.5, 0.6) is 0 Å². The van der Waals surface area contributed by atoms with Crippen LogP contribution in [0.1, 0.15) is 26.2 Å². The van der Waals surface area contributed by atoms with Crippen LogP contribution in [0.25, 0.3) is 22.4 Å². The van der Waals surface area contributed by atoms with Gasteiger partial charge in [-0.25, -0.2) is 4.98 Å². The molecule has 7 nitrogen and oxygen atoms in total. The Morgan fingerprint density at radius 1 is 1.30 bits per heavy atom. The molecule has 4 rings (SSSR count). The van der Waals surface area contributed by atoms with E-state index in [4.69, 9.17) is 16.1 Å². The molecule has 8 heteroatoms. The molecule has 0 saturated carbocycles. The van der Waals surface area contributed by atoms with E-state index >= 15 is 0 Å². The molecule has 1 aromatic carbocycles. The van der Waals surface area contributed by atoms with Crippen LogP contribution in [0.15, 0.2) is 39.9 Å². The Bertz CT molecular complexity index is 1040. The third kappa shape index (κ3) is 3.35. The minimum absolute atomic E-state index is 0.0443. The Kier molecular flexibility index (Phi) is 4.70. The predicted molar refractivity (Wildman–Crippen MR) is 102 cm³/mol. The highest BCUT2D eigenvalue weighted by Gasteiger charge is 2.24. The van der Waals surface area contributed by atoms with Crippen LogP contribution >= 0.6 is 11.6 Å². The van der Waals surface area contributed by atoms with E-state index in [0.717, 1.165) is 25.8 Å². The first-order valence-corrected chi connectivity index (χ1v) is 9.32. The van der Waals surface area contributed by atoms with E-state index in [1.807, 2.05) is 11.8 Å². The maximum atomic E-state index is 13.0. The topological polar surface area (TPSA) is 81.2 Å². The van der Waals surface area contributed by atoms with Crippen LogP contribution < -0.4 is 5.56 Å². The number of aromatic nitrogens is 3. The highest BCUT2D eigenvalue weighted by molar-refractivity contribution is 6.30. The average Bonchev–Trinajstić information content (AvgIpc) is 3.10. The lowest BCUT2D eigenvalue weighted by Gasteiger charge is -2.33. The predicted octanol–water partition coefficient (Wildman–Crippen LogP) is 3.11. The van der Waals surface area contributed by atoms with Crippen LogP contribution in [0.2, 0.25) is 5.02 Å². The van der Waals surface area contributed by atoms with E-state index in [0.29, 0.717) is 16.3 Å². The first kappa shape index (κ1) is 17.7. The van der Waals surface area contributed by atoms with Crippen molar-refractivity contribution in [3.8, 4) is 11.3 Å². The molecule has 2 aromatic heterocycles. The molecule has 1 aliphatic rings. The number of carbonyl (C=O) groups is 1. The van der Waals surface area contributed by atoms with Gasteiger partial charge < -0.3 is 9.42 Å². The molecule has 3 heterocycles. The number of amides is 1. The van der Waals surface area contributed by atoms with Gasteiger partial charge in [0.15, 0.2) is 0 Å². The fraction of sp³-hybridized carbons (Fsp3) is 0.368. The Balaban J connectivity index is 1.69. The maximum Gasteiger partial charge on any atom is 0.267 e. The minimum atomic E-state index is -0.343. The number of nitrogens with zero attached hydrogens (tertiary/aromatic N) is 4. The molecule has 0 bridgehead atoms. The fourth-order valence-electron chi connectivity index (χ4n) is 3.50. The molecule has 1 saturated heterocycles. The number of halogens is 1. The first-order valence-electron chi connectivity index (χ1n) is 8.95. The van der Waals surface area contributed by atoms with Gasteiger partial charge in [-0.15, -0.1) is 0 Å². The molecule has 0 N–H and O–H groups in total. The number of likely N-dealkylation sites (tertiary alicyclic amines) is 1. The zero-order chi connectivity index (χ0) is 19.0. The normalized spacial score (nSPS) is 17.4. The number of benzene rings is 1. The van der Waals surface area contributed by atoms with Crippen LogP contribution in [0.4, 0.5) is 0 Å². The number of fused-ring (bicyclic) bond motifs is 1. The average molecular weight is 387 g/mol. The number of hydrogen-bond donors (Lipinski definition) is 0. The molecule has 1 atom stereocenters. The minimum Gasteiger partial charge on any atom is -0.338 e. The summed E-state index contributed by atoms with van der Waals surface area (Å²) in [5.74, 6) is -0.0741. The van der Waals surface area contributed by atoms with Crippen LogP contribution in [0, 0.1) is 0 Å². The lowest BCUT2D eigenvalue weighted by molar-refractivity contribution is -0.135. The summed E-state index contributed by atoms with van der Waals surface area (Å²) in [5.41, 5.74) is 0.905. The Hall–Kier alpha value is -2.67. The van der Waals surface area contributed by atoms with Gasteiger partial charge in [0.1, 0.15) is 24.0 Å². The summed E-state index contributed by atoms with van der Waals surface area (Å²) >= 11 is 5.93. The third-order valence-corrected chi connectivity index (χ3v) is 5.26. The maximum absolute atomic E-state index is 13.0. The Labute approximate surface area is 160 Å². The summed E-state index contributed by atoms with van der Waals surface area (Å²) in [6, 6.07) is 7.15. The van der Waals surface area contributed by atoms with Crippen molar-refractivity contribution in [1.82, 2.24) is 19.6 Å². The molecular formula is C19H19ClN4O3. The molecule has 27 heavy (non-hydrogen) atoms. The summed E-state index contributed by atoms with van der Waals surface area (Å²) < 4.78 is 6.53. The van der Waals surface area contributed by atoms with Gasteiger partial charge in [0, 0.05) is 23.2 Å². The van der Waals surface area contributed by atoms with Crippen molar-refractivity contribution < 1.29 is 9.32 Å². The zero-order valence-corrected chi connectivity index (χ0v) is 15.6. The quantitative estimate of drug-likeness (QED) is 0.690. The molecule has 0 spiro atoms. The smallest absolute Gasteiger partial charge is 0.267 e. The summed E-state index contributed by atoms with van der Waals surface area (Å²) in [6.07, 6.45) is 4.45. The summed E-state index contributed by atoms with van der Waals surface area (Å²) in [5, 5.41) is 4.84. The van der Waals surface area contributed by atoms with Gasteiger partial charge in [-0.1, -0.05) is 28.9 Å². The lowest BCUT2D eigenvalue weighted by Crippen LogP contribution is -2.44. The molecular weight excluding hydrogens is 368 g/mol. The van der Waals surface area contributed by atoms with Crippen molar-refractivity contribution in [3.63, 3.8) is 0 Å². The van der Waals surface area contributed by atoms with Crippen LogP contribution in [-0.2, 0) is 11.3 Å². The van der Waals surface area contributed by atoms with Gasteiger partial charge in [-0.3, -0.25) is 14.2 Å². The van der Waals surface area contributed by atoms with E-state index in [-0.39, 0.29) is 35.2 Å². The van der Waals surface area contributed by atoms with Gasteiger partial charge in [-0.05, 0) is 38.3 Å². The second kappa shape index (κ2) is 7.15. The number of piperidine rings is 1. The van der Waals surface area contributed by atoms with Gasteiger partial charge >= 0.3 is 0 Å². The number of carbonyl (C=O) groups excluding carboxylic acids is 1. The number of rotatable bonds is 3. The van der Waals surface area contributed by atoms with Gasteiger partial charge in [0.2, 0.25) is 5.91 Å². The standard InChI is InChI=1S/C19H19ClN4O3/c1-12-4-2-3-9-24(12)15(25)10-23-11-21-18-16(19(23)26)17(22-27-18)13-5-7-14(20)8-6-13/h5-8,11-12H,2-4,9-10H2,1H3/t12-/m1/s1. The number of hydrogen-bond acceptors (Lipinski definition) is 5. The summed E-state index contributed by atoms with van der Waals surface area (Å²) in [4.78, 5) is 31.7. The molecule has 140 valence electrons. The van der Waals surface area contributed by atoms with E-state index in [1.165, 1.54) is 10.9 Å². The first-order chi connectivity index (χ1) is 13.0. The van der Waals surface area contributed by atoms with Crippen LogP contribution in [-0.4, -0.2) is 38.1 Å². The highest BCUT2D eigenvalue weighted by atomic mass is 35.5. The monoisotopic (exact) mass is 386 g/mol. The summed E-state index contributed by atoms with van der Waals surface area (Å²) in [6.45, 7) is 2.73. The van der Waals surface area contributed by atoms with Gasteiger partial charge in [-0.2, -0.15) is 0 Å². The largest absolute Gasteiger partial charge is 0.338 e. The fourth-order valence-corrected chi connectivity index (χ4v) is 3.63. The second-order valence-corrected chi connectivity index (χ2v) is 7.26. The van der Waals surface area contributed by atoms with Gasteiger partial charge in [0.25, 0.3) is 11.3 Å². The zero-order valence-electron chi connectivity index (χ0n) is 14.9. The molecule has 1 fully saturated rings. The van der Waals surface area contributed by atoms with Gasteiger partial charge in [0.05, 0.1) is 0 Å².